The van der Waals surface area contributed by atoms with E-state index in [0.717, 1.165) is 31.9 Å². The van der Waals surface area contributed by atoms with Gasteiger partial charge in [0.05, 0.1) is 7.11 Å². The topological polar surface area (TPSA) is 46.2 Å². The third kappa shape index (κ3) is 4.65. The second kappa shape index (κ2) is 7.06. The van der Waals surface area contributed by atoms with Crippen LogP contribution in [0.5, 0.6) is 5.88 Å². The molecule has 4 heteroatoms. The average molecular weight is 209 g/mol. The maximum atomic E-state index is 5.04. The van der Waals surface area contributed by atoms with E-state index in [9.17, 15) is 0 Å². The van der Waals surface area contributed by atoms with Crippen LogP contribution >= 0.6 is 0 Å². The minimum atomic E-state index is 0.645. The van der Waals surface area contributed by atoms with Gasteiger partial charge >= 0.3 is 0 Å². The number of ether oxygens (including phenoxy) is 1. The first-order chi connectivity index (χ1) is 7.36. The predicted molar refractivity (Wildman–Crippen MR) is 62.4 cm³/mol. The first kappa shape index (κ1) is 11.8. The number of nitrogens with zero attached hydrogens (tertiary/aromatic N) is 1. The van der Waals surface area contributed by atoms with Crippen LogP contribution in [-0.2, 0) is 0 Å². The van der Waals surface area contributed by atoms with Crippen LogP contribution in [0.1, 0.15) is 13.3 Å². The average Bonchev–Trinajstić information content (AvgIpc) is 2.29. The number of aromatic nitrogens is 1. The van der Waals surface area contributed by atoms with Crippen molar-refractivity contribution in [3.05, 3.63) is 18.2 Å². The molecule has 0 aliphatic carbocycles. The molecule has 84 valence electrons. The summed E-state index contributed by atoms with van der Waals surface area (Å²) in [6.45, 7) is 5.09. The van der Waals surface area contributed by atoms with E-state index in [0.29, 0.717) is 5.88 Å². The zero-order valence-corrected chi connectivity index (χ0v) is 9.42. The van der Waals surface area contributed by atoms with Crippen molar-refractivity contribution in [3.8, 4) is 5.88 Å². The highest BCUT2D eigenvalue weighted by Crippen LogP contribution is 2.10. The SMILES string of the molecule is CCNCCCNc1cccc(OC)n1. The molecule has 0 atom stereocenters. The largest absolute Gasteiger partial charge is 0.481 e. The van der Waals surface area contributed by atoms with Gasteiger partial charge in [-0.2, -0.15) is 4.98 Å². The Morgan fingerprint density at radius 2 is 2.20 bits per heavy atom. The molecular weight excluding hydrogens is 190 g/mol. The first-order valence-corrected chi connectivity index (χ1v) is 5.32. The number of anilines is 1. The predicted octanol–water partition coefficient (Wildman–Crippen LogP) is 1.50. The highest BCUT2D eigenvalue weighted by atomic mass is 16.5. The van der Waals surface area contributed by atoms with Crippen molar-refractivity contribution >= 4 is 5.82 Å². The molecule has 0 aliphatic heterocycles. The Balaban J connectivity index is 2.24. The lowest BCUT2D eigenvalue weighted by Crippen LogP contribution is -2.17. The van der Waals surface area contributed by atoms with E-state index in [-0.39, 0.29) is 0 Å². The molecule has 0 bridgehead atoms. The summed E-state index contributed by atoms with van der Waals surface area (Å²) in [5.74, 6) is 1.51. The van der Waals surface area contributed by atoms with Crippen LogP contribution in [0.15, 0.2) is 18.2 Å². The summed E-state index contributed by atoms with van der Waals surface area (Å²) in [6.07, 6.45) is 1.09. The van der Waals surface area contributed by atoms with E-state index in [2.05, 4.69) is 22.5 Å². The third-order valence-corrected chi connectivity index (χ3v) is 2.02. The molecule has 1 rings (SSSR count). The molecule has 0 saturated carbocycles. The Kier molecular flexibility index (Phi) is 5.55. The van der Waals surface area contributed by atoms with Crippen LogP contribution < -0.4 is 15.4 Å². The maximum absolute atomic E-state index is 5.04. The Bertz CT molecular complexity index is 278. The molecule has 0 aliphatic rings. The minimum absolute atomic E-state index is 0.645. The lowest BCUT2D eigenvalue weighted by Gasteiger charge is -2.06. The van der Waals surface area contributed by atoms with Crippen LogP contribution in [-0.4, -0.2) is 31.7 Å². The molecule has 0 fully saturated rings. The monoisotopic (exact) mass is 209 g/mol. The van der Waals surface area contributed by atoms with E-state index < -0.39 is 0 Å². The molecule has 4 nitrogen and oxygen atoms in total. The number of pyridine rings is 1. The third-order valence-electron chi connectivity index (χ3n) is 2.02. The molecule has 0 radical (unpaired) electrons. The second-order valence-corrected chi connectivity index (χ2v) is 3.20. The van der Waals surface area contributed by atoms with E-state index in [4.69, 9.17) is 4.74 Å². The van der Waals surface area contributed by atoms with Gasteiger partial charge in [0.1, 0.15) is 5.82 Å². The highest BCUT2D eigenvalue weighted by Gasteiger charge is 1.95. The van der Waals surface area contributed by atoms with Gasteiger partial charge in [0.25, 0.3) is 0 Å². The quantitative estimate of drug-likeness (QED) is 0.668. The summed E-state index contributed by atoms with van der Waals surface area (Å²) >= 11 is 0. The van der Waals surface area contributed by atoms with Gasteiger partial charge in [0, 0.05) is 12.6 Å². The van der Waals surface area contributed by atoms with Crippen LogP contribution in [0, 0.1) is 0 Å². The Labute approximate surface area is 91.1 Å². The van der Waals surface area contributed by atoms with Crippen molar-refractivity contribution in [1.82, 2.24) is 10.3 Å². The first-order valence-electron chi connectivity index (χ1n) is 5.32. The standard InChI is InChI=1S/C11H19N3O/c1-3-12-8-5-9-13-10-6-4-7-11(14-10)15-2/h4,6-7,12H,3,5,8-9H2,1-2H3,(H,13,14). The van der Waals surface area contributed by atoms with Crippen molar-refractivity contribution in [2.45, 2.75) is 13.3 Å². The molecule has 1 aromatic heterocycles. The smallest absolute Gasteiger partial charge is 0.214 e. The van der Waals surface area contributed by atoms with Crippen molar-refractivity contribution in [1.29, 1.82) is 0 Å². The Morgan fingerprint density at radius 1 is 1.33 bits per heavy atom. The van der Waals surface area contributed by atoms with Crippen LogP contribution in [0.4, 0.5) is 5.82 Å². The van der Waals surface area contributed by atoms with Crippen LogP contribution in [0.25, 0.3) is 0 Å². The van der Waals surface area contributed by atoms with Gasteiger partial charge in [-0.05, 0) is 25.6 Å². The van der Waals surface area contributed by atoms with Gasteiger partial charge in [-0.25, -0.2) is 0 Å². The summed E-state index contributed by atoms with van der Waals surface area (Å²) in [7, 11) is 1.62. The number of methoxy groups -OCH3 is 1. The van der Waals surface area contributed by atoms with E-state index in [1.54, 1.807) is 7.11 Å². The van der Waals surface area contributed by atoms with Gasteiger partial charge in [-0.1, -0.05) is 13.0 Å². The highest BCUT2D eigenvalue weighted by molar-refractivity contribution is 5.36. The van der Waals surface area contributed by atoms with Gasteiger partial charge in [-0.15, -0.1) is 0 Å². The van der Waals surface area contributed by atoms with Crippen molar-refractivity contribution in [2.75, 3.05) is 32.1 Å². The summed E-state index contributed by atoms with van der Waals surface area (Å²) in [4.78, 5) is 4.26. The molecule has 1 aromatic rings. The van der Waals surface area contributed by atoms with Gasteiger partial charge in [-0.3, -0.25) is 0 Å². The van der Waals surface area contributed by atoms with Crippen LogP contribution in [0.3, 0.4) is 0 Å². The number of nitrogens with one attached hydrogen (secondary N) is 2. The summed E-state index contributed by atoms with van der Waals surface area (Å²) < 4.78 is 5.04. The van der Waals surface area contributed by atoms with Gasteiger partial charge < -0.3 is 15.4 Å². The lowest BCUT2D eigenvalue weighted by atomic mass is 10.4. The molecule has 1 heterocycles. The van der Waals surface area contributed by atoms with Crippen molar-refractivity contribution in [2.24, 2.45) is 0 Å². The van der Waals surface area contributed by atoms with Gasteiger partial charge in [0.2, 0.25) is 5.88 Å². The van der Waals surface area contributed by atoms with E-state index in [1.807, 2.05) is 18.2 Å². The molecular formula is C11H19N3O. The number of hydrogen-bond donors (Lipinski definition) is 2. The van der Waals surface area contributed by atoms with E-state index in [1.165, 1.54) is 0 Å². The number of rotatable bonds is 7. The Morgan fingerprint density at radius 3 is 2.93 bits per heavy atom. The summed E-state index contributed by atoms with van der Waals surface area (Å²) in [5, 5.41) is 6.52. The fraction of sp³-hybridized carbons (Fsp3) is 0.545. The molecule has 0 spiro atoms. The fourth-order valence-electron chi connectivity index (χ4n) is 1.23. The van der Waals surface area contributed by atoms with E-state index >= 15 is 0 Å². The molecule has 15 heavy (non-hydrogen) atoms. The number of hydrogen-bond acceptors (Lipinski definition) is 4. The van der Waals surface area contributed by atoms with Crippen molar-refractivity contribution < 1.29 is 4.74 Å². The maximum Gasteiger partial charge on any atom is 0.214 e. The summed E-state index contributed by atoms with van der Waals surface area (Å²) in [6, 6.07) is 5.71. The zero-order chi connectivity index (χ0) is 10.9. The molecule has 2 N–H and O–H groups in total. The zero-order valence-electron chi connectivity index (χ0n) is 9.42. The normalized spacial score (nSPS) is 10.0. The molecule has 0 amide bonds. The summed E-state index contributed by atoms with van der Waals surface area (Å²) in [5.41, 5.74) is 0. The molecule has 0 saturated heterocycles. The lowest BCUT2D eigenvalue weighted by molar-refractivity contribution is 0.398. The van der Waals surface area contributed by atoms with Gasteiger partial charge in [0.15, 0.2) is 0 Å². The fourth-order valence-corrected chi connectivity index (χ4v) is 1.23. The van der Waals surface area contributed by atoms with Crippen molar-refractivity contribution in [3.63, 3.8) is 0 Å². The second-order valence-electron chi connectivity index (χ2n) is 3.20. The molecule has 0 aromatic carbocycles. The van der Waals surface area contributed by atoms with Crippen LogP contribution in [0.2, 0.25) is 0 Å². The Hall–Kier alpha value is -1.29. The minimum Gasteiger partial charge on any atom is -0.481 e. The molecule has 0 unspecified atom stereocenters.